The number of methoxy groups -OCH3 is 2. The summed E-state index contributed by atoms with van der Waals surface area (Å²) in [7, 11) is 2.87. The van der Waals surface area contributed by atoms with Gasteiger partial charge in [-0.2, -0.15) is 0 Å². The minimum absolute atomic E-state index is 0.179. The second kappa shape index (κ2) is 10.2. The minimum Gasteiger partial charge on any atom is -0.493 e. The third kappa shape index (κ3) is 5.99. The van der Waals surface area contributed by atoms with E-state index in [1.165, 1.54) is 14.2 Å². The van der Waals surface area contributed by atoms with Gasteiger partial charge in [0, 0.05) is 12.7 Å². The maximum Gasteiger partial charge on any atom is 0.310 e. The molecule has 0 bridgehead atoms. The van der Waals surface area contributed by atoms with Crippen LogP contribution in [0, 0.1) is 5.92 Å². The van der Waals surface area contributed by atoms with E-state index in [1.807, 2.05) is 18.2 Å². The van der Waals surface area contributed by atoms with Crippen LogP contribution in [0.3, 0.4) is 0 Å². The molecule has 0 fully saturated rings. The first-order chi connectivity index (χ1) is 13.0. The van der Waals surface area contributed by atoms with Crippen LogP contribution >= 0.6 is 0 Å². The van der Waals surface area contributed by atoms with Crippen LogP contribution in [0.4, 0.5) is 0 Å². The van der Waals surface area contributed by atoms with Crippen LogP contribution < -0.4 is 9.47 Å². The zero-order valence-corrected chi connectivity index (χ0v) is 15.8. The highest BCUT2D eigenvalue weighted by molar-refractivity contribution is 5.79. The fourth-order valence-corrected chi connectivity index (χ4v) is 2.52. The molecule has 1 aromatic carbocycles. The van der Waals surface area contributed by atoms with Crippen LogP contribution in [-0.2, 0) is 20.9 Å². The molecule has 27 heavy (non-hydrogen) atoms. The molecule has 1 amide bonds. The van der Waals surface area contributed by atoms with Gasteiger partial charge in [-0.15, -0.1) is 0 Å². The summed E-state index contributed by atoms with van der Waals surface area (Å²) in [6.45, 7) is 2.01. The molecule has 0 N–H and O–H groups in total. The summed E-state index contributed by atoms with van der Waals surface area (Å²) in [6.07, 6.45) is 1.66. The molecule has 2 aromatic rings. The van der Waals surface area contributed by atoms with Gasteiger partial charge in [0.2, 0.25) is 0 Å². The number of pyridine rings is 1. The van der Waals surface area contributed by atoms with Crippen LogP contribution in [0.15, 0.2) is 48.7 Å². The van der Waals surface area contributed by atoms with Gasteiger partial charge in [0.25, 0.3) is 5.91 Å². The normalized spacial score (nSPS) is 11.4. The predicted octanol–water partition coefficient (Wildman–Crippen LogP) is 2.31. The first-order valence-corrected chi connectivity index (χ1v) is 8.56. The number of ether oxygens (including phenoxy) is 3. The van der Waals surface area contributed by atoms with Gasteiger partial charge in [-0.05, 0) is 24.3 Å². The van der Waals surface area contributed by atoms with Crippen molar-refractivity contribution in [2.24, 2.45) is 5.92 Å². The highest BCUT2D eigenvalue weighted by Gasteiger charge is 2.23. The molecule has 0 aliphatic carbocycles. The zero-order valence-electron chi connectivity index (χ0n) is 15.8. The van der Waals surface area contributed by atoms with Gasteiger partial charge >= 0.3 is 5.97 Å². The van der Waals surface area contributed by atoms with E-state index >= 15 is 0 Å². The third-order valence-electron chi connectivity index (χ3n) is 3.95. The van der Waals surface area contributed by atoms with Crippen molar-refractivity contribution in [3.05, 3.63) is 54.4 Å². The lowest BCUT2D eigenvalue weighted by molar-refractivity contribution is -0.147. The lowest BCUT2D eigenvalue weighted by atomic mass is 10.1. The molecule has 1 aromatic heterocycles. The maximum absolute atomic E-state index is 12.7. The number of hydrogen-bond donors (Lipinski definition) is 0. The molecule has 1 atom stereocenters. The average molecular weight is 372 g/mol. The maximum atomic E-state index is 12.7. The molecule has 144 valence electrons. The van der Waals surface area contributed by atoms with E-state index in [2.05, 4.69) is 4.98 Å². The van der Waals surface area contributed by atoms with Gasteiger partial charge in [-0.1, -0.05) is 25.1 Å². The lowest BCUT2D eigenvalue weighted by Gasteiger charge is -2.25. The molecule has 0 aliphatic rings. The number of amides is 1. The van der Waals surface area contributed by atoms with Crippen LogP contribution in [0.25, 0.3) is 0 Å². The summed E-state index contributed by atoms with van der Waals surface area (Å²) in [5.41, 5.74) is 0.722. The number of hydrogen-bond acceptors (Lipinski definition) is 6. The van der Waals surface area contributed by atoms with Crippen molar-refractivity contribution < 1.29 is 23.8 Å². The molecule has 0 spiro atoms. The molecular formula is C20H24N2O5. The first-order valence-electron chi connectivity index (χ1n) is 8.56. The quantitative estimate of drug-likeness (QED) is 0.629. The Labute approximate surface area is 158 Å². The Bertz CT molecular complexity index is 751. The van der Waals surface area contributed by atoms with Crippen molar-refractivity contribution in [1.29, 1.82) is 0 Å². The molecule has 0 saturated heterocycles. The monoisotopic (exact) mass is 372 g/mol. The summed E-state index contributed by atoms with van der Waals surface area (Å²) in [5, 5.41) is 0. The van der Waals surface area contributed by atoms with E-state index < -0.39 is 5.92 Å². The van der Waals surface area contributed by atoms with Gasteiger partial charge in [-0.3, -0.25) is 14.6 Å². The number of esters is 1. The first kappa shape index (κ1) is 20.2. The fourth-order valence-electron chi connectivity index (χ4n) is 2.52. The van der Waals surface area contributed by atoms with E-state index in [-0.39, 0.29) is 31.6 Å². The van der Waals surface area contributed by atoms with E-state index in [1.54, 1.807) is 42.3 Å². The van der Waals surface area contributed by atoms with Crippen molar-refractivity contribution in [3.8, 4) is 11.5 Å². The zero-order chi connectivity index (χ0) is 19.6. The molecule has 0 aliphatic heterocycles. The van der Waals surface area contributed by atoms with Crippen LogP contribution in [0.2, 0.25) is 0 Å². The Kier molecular flexibility index (Phi) is 7.61. The fraction of sp³-hybridized carbons (Fsp3) is 0.350. The second-order valence-corrected chi connectivity index (χ2v) is 5.96. The Balaban J connectivity index is 2.08. The molecule has 7 nitrogen and oxygen atoms in total. The number of para-hydroxylation sites is 2. The number of aromatic nitrogens is 1. The third-order valence-corrected chi connectivity index (χ3v) is 3.95. The molecule has 7 heteroatoms. The number of benzene rings is 1. The minimum atomic E-state index is -0.464. The Morgan fingerprint density at radius 2 is 1.78 bits per heavy atom. The van der Waals surface area contributed by atoms with Gasteiger partial charge in [0.05, 0.1) is 32.4 Å². The van der Waals surface area contributed by atoms with Crippen LogP contribution in [0.1, 0.15) is 12.6 Å². The second-order valence-electron chi connectivity index (χ2n) is 5.96. The summed E-state index contributed by atoms with van der Waals surface area (Å²) < 4.78 is 15.6. The molecule has 1 unspecified atom stereocenters. The largest absolute Gasteiger partial charge is 0.493 e. The highest BCUT2D eigenvalue weighted by atomic mass is 16.5. The van der Waals surface area contributed by atoms with Crippen LogP contribution in [-0.4, -0.2) is 49.1 Å². The van der Waals surface area contributed by atoms with Gasteiger partial charge in [0.15, 0.2) is 18.1 Å². The summed E-state index contributed by atoms with van der Waals surface area (Å²) in [6, 6.07) is 12.6. The number of rotatable bonds is 9. The number of nitrogens with zero attached hydrogens (tertiary/aromatic N) is 2. The predicted molar refractivity (Wildman–Crippen MR) is 99.3 cm³/mol. The van der Waals surface area contributed by atoms with Gasteiger partial charge in [-0.25, -0.2) is 0 Å². The SMILES string of the molecule is COC(=O)C(C)CN(Cc1ccccn1)C(=O)COc1ccccc1OC. The lowest BCUT2D eigenvalue weighted by Crippen LogP contribution is -2.39. The smallest absolute Gasteiger partial charge is 0.310 e. The van der Waals surface area contributed by atoms with Crippen molar-refractivity contribution in [2.75, 3.05) is 27.4 Å². The Morgan fingerprint density at radius 1 is 1.07 bits per heavy atom. The molecular weight excluding hydrogens is 348 g/mol. The molecule has 2 rings (SSSR count). The van der Waals surface area contributed by atoms with Crippen molar-refractivity contribution in [3.63, 3.8) is 0 Å². The molecule has 0 radical (unpaired) electrons. The molecule has 0 saturated carbocycles. The van der Waals surface area contributed by atoms with E-state index in [4.69, 9.17) is 14.2 Å². The highest BCUT2D eigenvalue weighted by Crippen LogP contribution is 2.25. The number of carbonyl (C=O) groups excluding carboxylic acids is 2. The summed E-state index contributed by atoms with van der Waals surface area (Å²) in [4.78, 5) is 30.3. The number of carbonyl (C=O) groups is 2. The van der Waals surface area contributed by atoms with Crippen molar-refractivity contribution in [1.82, 2.24) is 9.88 Å². The van der Waals surface area contributed by atoms with Crippen LogP contribution in [0.5, 0.6) is 11.5 Å². The van der Waals surface area contributed by atoms with Gasteiger partial charge < -0.3 is 19.1 Å². The topological polar surface area (TPSA) is 78.0 Å². The Morgan fingerprint density at radius 3 is 2.41 bits per heavy atom. The van der Waals surface area contributed by atoms with E-state index in [0.29, 0.717) is 11.5 Å². The van der Waals surface area contributed by atoms with E-state index in [0.717, 1.165) is 5.69 Å². The summed E-state index contributed by atoms with van der Waals surface area (Å²) in [5.74, 6) is -0.0765. The van der Waals surface area contributed by atoms with Crippen molar-refractivity contribution in [2.45, 2.75) is 13.5 Å². The van der Waals surface area contributed by atoms with E-state index in [9.17, 15) is 9.59 Å². The standard InChI is InChI=1S/C20H24N2O5/c1-15(20(24)26-3)12-22(13-16-8-6-7-11-21-16)19(23)14-27-18-10-5-4-9-17(18)25-2/h4-11,15H,12-14H2,1-3H3. The average Bonchev–Trinajstić information content (AvgIpc) is 2.71. The summed E-state index contributed by atoms with van der Waals surface area (Å²) >= 11 is 0. The Hall–Kier alpha value is -3.09. The molecule has 1 heterocycles. The van der Waals surface area contributed by atoms with Crippen molar-refractivity contribution >= 4 is 11.9 Å². The van der Waals surface area contributed by atoms with Gasteiger partial charge in [0.1, 0.15) is 0 Å².